The molecule has 2 N–H and O–H groups in total. The molecule has 9 rings (SSSR count). The number of anilines is 3. The minimum Gasteiger partial charge on any atom is -0.497 e. The number of fused-ring (bicyclic) bond motifs is 6. The molecule has 286 valence electrons. The van der Waals surface area contributed by atoms with Crippen LogP contribution in [0.1, 0.15) is 12.5 Å². The first kappa shape index (κ1) is 36.8. The fraction of sp³-hybridized carbons (Fsp3) is 0.238. The third kappa shape index (κ3) is 7.42. The summed E-state index contributed by atoms with van der Waals surface area (Å²) in [4.78, 5) is 13.6. The standard InChI is InChI=1S/C23H25FN6O.C19H16ClN3O2/c1-3-29-8-10-30(11-9-29)21-7-4-15(12-19(21)24)26-23-22-18(14-25-28-22)17-13-16(31-2)5-6-20(17)27-23;1-24-13-5-3-12(4-6-13)10-23-11-16-15-9-14(25-2)7-8-17(15)21-19(20)18(16)22-23/h4-7,12-14H,3,8-11H2,1-2H3,(H,25,28)(H,26,27);3-9,11H,10H2,1-2H3. The maximum Gasteiger partial charge on any atom is 0.159 e. The van der Waals surface area contributed by atoms with Gasteiger partial charge in [0.05, 0.1) is 44.6 Å². The summed E-state index contributed by atoms with van der Waals surface area (Å²) in [5, 5.41) is 19.3. The second-order valence-electron chi connectivity index (χ2n) is 13.4. The number of ether oxygens (including phenoxy) is 3. The van der Waals surface area contributed by atoms with Gasteiger partial charge in [0.15, 0.2) is 11.0 Å². The zero-order valence-electron chi connectivity index (χ0n) is 31.5. The number of likely N-dealkylation sites (N-methyl/N-ethyl adjacent to an activating group) is 1. The average Bonchev–Trinajstić information content (AvgIpc) is 3.91. The van der Waals surface area contributed by atoms with Crippen LogP contribution in [0.3, 0.4) is 0 Å². The van der Waals surface area contributed by atoms with Gasteiger partial charge in [0.25, 0.3) is 0 Å². The van der Waals surface area contributed by atoms with Gasteiger partial charge in [-0.25, -0.2) is 14.4 Å². The molecule has 56 heavy (non-hydrogen) atoms. The van der Waals surface area contributed by atoms with E-state index < -0.39 is 0 Å². The van der Waals surface area contributed by atoms with Crippen LogP contribution in [0.4, 0.5) is 21.6 Å². The lowest BCUT2D eigenvalue weighted by molar-refractivity contribution is 0.270. The maximum absolute atomic E-state index is 15.0. The van der Waals surface area contributed by atoms with Crippen LogP contribution < -0.4 is 24.4 Å². The van der Waals surface area contributed by atoms with Gasteiger partial charge in [-0.05, 0) is 78.8 Å². The molecular weight excluding hydrogens is 733 g/mol. The highest BCUT2D eigenvalue weighted by atomic mass is 35.5. The van der Waals surface area contributed by atoms with Crippen LogP contribution in [-0.2, 0) is 6.54 Å². The highest BCUT2D eigenvalue weighted by Gasteiger charge is 2.20. The molecule has 1 aliphatic rings. The SMILES string of the molecule is CCN1CCN(c2ccc(Nc3nc4ccc(OC)cc4c4c[nH]nc34)cc2F)CC1.COc1ccc(Cn2cc3c(n2)c(Cl)nc2ccc(OC)cc23)cc1. The minimum absolute atomic E-state index is 0.237. The zero-order chi connectivity index (χ0) is 38.8. The molecule has 14 heteroatoms. The molecule has 4 aromatic carbocycles. The Morgan fingerprint density at radius 3 is 2.07 bits per heavy atom. The molecule has 8 aromatic rings. The van der Waals surface area contributed by atoms with E-state index in [1.807, 2.05) is 89.9 Å². The summed E-state index contributed by atoms with van der Waals surface area (Å²) in [5.74, 6) is 2.71. The van der Waals surface area contributed by atoms with Gasteiger partial charge in [-0.1, -0.05) is 30.7 Å². The number of hydrogen-bond acceptors (Lipinski definition) is 10. The third-order valence-electron chi connectivity index (χ3n) is 10.1. The van der Waals surface area contributed by atoms with E-state index in [0.717, 1.165) is 88.1 Å². The van der Waals surface area contributed by atoms with E-state index >= 15 is 0 Å². The van der Waals surface area contributed by atoms with E-state index in [9.17, 15) is 4.39 Å². The highest BCUT2D eigenvalue weighted by Crippen LogP contribution is 2.34. The molecule has 0 atom stereocenters. The van der Waals surface area contributed by atoms with E-state index in [-0.39, 0.29) is 5.82 Å². The number of piperazine rings is 1. The number of rotatable bonds is 9. The van der Waals surface area contributed by atoms with Crippen LogP contribution in [0, 0.1) is 5.82 Å². The quantitative estimate of drug-likeness (QED) is 0.138. The molecule has 4 aromatic heterocycles. The van der Waals surface area contributed by atoms with Crippen LogP contribution in [-0.4, -0.2) is 88.9 Å². The van der Waals surface area contributed by atoms with Crippen molar-refractivity contribution in [3.63, 3.8) is 0 Å². The molecule has 0 saturated carbocycles. The van der Waals surface area contributed by atoms with Crippen LogP contribution in [0.2, 0.25) is 5.15 Å². The number of hydrogen-bond donors (Lipinski definition) is 2. The molecule has 0 unspecified atom stereocenters. The summed E-state index contributed by atoms with van der Waals surface area (Å²) >= 11 is 6.33. The van der Waals surface area contributed by atoms with Crippen molar-refractivity contribution in [2.45, 2.75) is 13.5 Å². The predicted molar refractivity (Wildman–Crippen MR) is 221 cm³/mol. The molecule has 1 fully saturated rings. The van der Waals surface area contributed by atoms with Gasteiger partial charge < -0.3 is 29.3 Å². The van der Waals surface area contributed by atoms with Crippen molar-refractivity contribution in [3.8, 4) is 17.2 Å². The van der Waals surface area contributed by atoms with Crippen molar-refractivity contribution >= 4 is 72.4 Å². The summed E-state index contributed by atoms with van der Waals surface area (Å²) < 4.78 is 32.7. The lowest BCUT2D eigenvalue weighted by Gasteiger charge is -2.35. The van der Waals surface area contributed by atoms with E-state index in [0.29, 0.717) is 39.9 Å². The van der Waals surface area contributed by atoms with Crippen molar-refractivity contribution in [2.75, 3.05) is 64.3 Å². The molecule has 0 aliphatic carbocycles. The molecule has 0 amide bonds. The first-order valence-corrected chi connectivity index (χ1v) is 18.7. The van der Waals surface area contributed by atoms with Crippen LogP contribution >= 0.6 is 11.6 Å². The Hall–Kier alpha value is -6.18. The number of halogens is 2. The number of nitrogens with zero attached hydrogens (tertiary/aromatic N) is 7. The molecule has 1 aliphatic heterocycles. The molecule has 12 nitrogen and oxygen atoms in total. The number of pyridine rings is 2. The first-order valence-electron chi connectivity index (χ1n) is 18.3. The summed E-state index contributed by atoms with van der Waals surface area (Å²) in [6.07, 6.45) is 3.83. The summed E-state index contributed by atoms with van der Waals surface area (Å²) in [7, 11) is 4.94. The number of aromatic nitrogens is 6. The van der Waals surface area contributed by atoms with Gasteiger partial charge in [0.1, 0.15) is 34.1 Å². The van der Waals surface area contributed by atoms with E-state index in [4.69, 9.17) is 30.8 Å². The molecule has 0 bridgehead atoms. The van der Waals surface area contributed by atoms with Crippen molar-refractivity contribution < 1.29 is 18.6 Å². The lowest BCUT2D eigenvalue weighted by atomic mass is 10.1. The Labute approximate surface area is 327 Å². The van der Waals surface area contributed by atoms with E-state index in [1.54, 1.807) is 21.3 Å². The number of nitrogens with one attached hydrogen (secondary N) is 2. The Balaban J connectivity index is 0.000000161. The first-order chi connectivity index (χ1) is 27.3. The Morgan fingerprint density at radius 2 is 1.41 bits per heavy atom. The normalized spacial score (nSPS) is 13.3. The largest absolute Gasteiger partial charge is 0.497 e. The monoisotopic (exact) mass is 773 g/mol. The predicted octanol–water partition coefficient (Wildman–Crippen LogP) is 8.45. The molecule has 5 heterocycles. The van der Waals surface area contributed by atoms with Gasteiger partial charge in [0.2, 0.25) is 0 Å². The van der Waals surface area contributed by atoms with E-state index in [2.05, 4.69) is 42.3 Å². The summed E-state index contributed by atoms with van der Waals surface area (Å²) in [6.45, 7) is 7.41. The smallest absolute Gasteiger partial charge is 0.159 e. The second-order valence-corrected chi connectivity index (χ2v) is 13.8. The molecule has 0 radical (unpaired) electrons. The van der Waals surface area contributed by atoms with Gasteiger partial charge in [-0.15, -0.1) is 0 Å². The third-order valence-corrected chi connectivity index (χ3v) is 10.4. The molecule has 0 spiro atoms. The number of aromatic amines is 1. The van der Waals surface area contributed by atoms with Gasteiger partial charge in [0, 0.05) is 65.8 Å². The topological polar surface area (TPSA) is 118 Å². The van der Waals surface area contributed by atoms with E-state index in [1.165, 1.54) is 6.07 Å². The Bertz CT molecular complexity index is 2660. The fourth-order valence-electron chi connectivity index (χ4n) is 7.06. The Morgan fingerprint density at radius 1 is 0.750 bits per heavy atom. The molecule has 1 saturated heterocycles. The number of methoxy groups -OCH3 is 3. The number of benzene rings is 4. The maximum atomic E-state index is 15.0. The van der Waals surface area contributed by atoms with Gasteiger partial charge in [-0.2, -0.15) is 10.2 Å². The molecular formula is C42H41ClFN9O3. The van der Waals surface area contributed by atoms with Crippen LogP contribution in [0.15, 0.2) is 91.3 Å². The minimum atomic E-state index is -0.237. The van der Waals surface area contributed by atoms with Crippen LogP contribution in [0.5, 0.6) is 17.2 Å². The van der Waals surface area contributed by atoms with Gasteiger partial charge in [-0.3, -0.25) is 9.78 Å². The van der Waals surface area contributed by atoms with Gasteiger partial charge >= 0.3 is 0 Å². The zero-order valence-corrected chi connectivity index (χ0v) is 32.3. The highest BCUT2D eigenvalue weighted by molar-refractivity contribution is 6.35. The summed E-state index contributed by atoms with van der Waals surface area (Å²) in [5.41, 5.74) is 5.42. The summed E-state index contributed by atoms with van der Waals surface area (Å²) in [6, 6.07) is 24.6. The van der Waals surface area contributed by atoms with Crippen molar-refractivity contribution in [2.24, 2.45) is 0 Å². The lowest BCUT2D eigenvalue weighted by Crippen LogP contribution is -2.46. The van der Waals surface area contributed by atoms with Crippen LogP contribution in [0.25, 0.3) is 43.6 Å². The van der Waals surface area contributed by atoms with Crippen molar-refractivity contribution in [1.29, 1.82) is 0 Å². The number of H-pyrrole nitrogens is 1. The van der Waals surface area contributed by atoms with Crippen molar-refractivity contribution in [3.05, 3.63) is 108 Å². The Kier molecular flexibility index (Phi) is 10.4. The fourth-order valence-corrected chi connectivity index (χ4v) is 7.29. The second kappa shape index (κ2) is 15.9. The average molecular weight is 774 g/mol. The van der Waals surface area contributed by atoms with Crippen molar-refractivity contribution in [1.82, 2.24) is 34.8 Å².